The van der Waals surface area contributed by atoms with Gasteiger partial charge in [0, 0.05) is 67.0 Å². The number of ether oxygens (including phenoxy) is 3. The summed E-state index contributed by atoms with van der Waals surface area (Å²) in [6.07, 6.45) is 0.170. The van der Waals surface area contributed by atoms with Gasteiger partial charge in [-0.1, -0.05) is 71.7 Å². The highest BCUT2D eigenvalue weighted by molar-refractivity contribution is 6.39. The summed E-state index contributed by atoms with van der Waals surface area (Å²) in [5.41, 5.74) is 5.39. The van der Waals surface area contributed by atoms with Crippen molar-refractivity contribution in [2.75, 3.05) is 47.0 Å². The van der Waals surface area contributed by atoms with E-state index in [1.165, 1.54) is 0 Å². The van der Waals surface area contributed by atoms with Crippen molar-refractivity contribution in [2.45, 2.75) is 37.5 Å². The Kier molecular flexibility index (Phi) is 11.3. The van der Waals surface area contributed by atoms with Gasteiger partial charge in [-0.25, -0.2) is 4.98 Å². The zero-order valence-electron chi connectivity index (χ0n) is 28.4. The molecule has 6 rings (SSSR count). The lowest BCUT2D eigenvalue weighted by atomic mass is 9.88. The molecule has 0 radical (unpaired) electrons. The Labute approximate surface area is 306 Å². The molecule has 2 saturated heterocycles. The molecule has 0 unspecified atom stereocenters. The van der Waals surface area contributed by atoms with E-state index in [9.17, 15) is 14.7 Å². The highest BCUT2D eigenvalue weighted by Crippen LogP contribution is 2.44. The van der Waals surface area contributed by atoms with Gasteiger partial charge in [-0.05, 0) is 30.2 Å². The Balaban J connectivity index is 1.17. The van der Waals surface area contributed by atoms with Gasteiger partial charge in [0.15, 0.2) is 11.5 Å². The van der Waals surface area contributed by atoms with Crippen LogP contribution < -0.4 is 24.8 Å². The monoisotopic (exact) mass is 734 g/mol. The number of carbonyl (C=O) groups excluding carboxylic acids is 1. The fourth-order valence-electron chi connectivity index (χ4n) is 6.72. The van der Waals surface area contributed by atoms with E-state index in [0.29, 0.717) is 52.6 Å². The van der Waals surface area contributed by atoms with Gasteiger partial charge < -0.3 is 35.1 Å². The number of carboxylic acid groups (broad SMARTS) is 1. The number of aliphatic hydroxyl groups excluding tert-OH is 1. The third-order valence-electron chi connectivity index (χ3n) is 9.18. The Morgan fingerprint density at radius 2 is 1.69 bits per heavy atom. The van der Waals surface area contributed by atoms with Gasteiger partial charge >= 0.3 is 5.97 Å². The Bertz CT molecular complexity index is 1920. The lowest BCUT2D eigenvalue weighted by molar-refractivity contribution is -0.139. The number of hydrogen-bond donors (Lipinski definition) is 4. The van der Waals surface area contributed by atoms with Crippen LogP contribution >= 0.6 is 23.2 Å². The molecule has 2 aliphatic heterocycles. The van der Waals surface area contributed by atoms with Crippen LogP contribution in [0.15, 0.2) is 66.7 Å². The van der Waals surface area contributed by atoms with Crippen LogP contribution in [0.3, 0.4) is 0 Å². The van der Waals surface area contributed by atoms with Crippen LogP contribution in [0.5, 0.6) is 17.4 Å². The zero-order chi connectivity index (χ0) is 36.1. The molecule has 1 atom stereocenters. The number of benzene rings is 3. The van der Waals surface area contributed by atoms with Crippen molar-refractivity contribution < 1.29 is 34.0 Å². The van der Waals surface area contributed by atoms with Crippen LogP contribution in [0.25, 0.3) is 33.5 Å². The summed E-state index contributed by atoms with van der Waals surface area (Å²) in [6.45, 7) is 3.12. The molecule has 268 valence electrons. The van der Waals surface area contributed by atoms with E-state index >= 15 is 0 Å². The van der Waals surface area contributed by atoms with Crippen molar-refractivity contribution in [3.63, 3.8) is 0 Å². The number of rotatable bonds is 15. The minimum atomic E-state index is -1.05. The maximum Gasteiger partial charge on any atom is 0.306 e. The second kappa shape index (κ2) is 15.9. The average molecular weight is 736 g/mol. The summed E-state index contributed by atoms with van der Waals surface area (Å²) in [6, 6.07) is 21.1. The highest BCUT2D eigenvalue weighted by Gasteiger charge is 2.47. The molecule has 13 heteroatoms. The molecular weight excluding hydrogens is 695 g/mol. The molecule has 4 aromatic rings. The van der Waals surface area contributed by atoms with Gasteiger partial charge in [0.25, 0.3) is 0 Å². The lowest BCUT2D eigenvalue weighted by Gasteiger charge is -2.48. The van der Waals surface area contributed by atoms with Gasteiger partial charge in [-0.2, -0.15) is 0 Å². The minimum absolute atomic E-state index is 0.0913. The highest BCUT2D eigenvalue weighted by atomic mass is 35.5. The second-order valence-electron chi connectivity index (χ2n) is 12.8. The maximum atomic E-state index is 11.7. The van der Waals surface area contributed by atoms with Crippen molar-refractivity contribution in [2.24, 2.45) is 0 Å². The summed E-state index contributed by atoms with van der Waals surface area (Å²) in [4.78, 5) is 29.6. The van der Waals surface area contributed by atoms with Gasteiger partial charge in [0.05, 0.1) is 48.0 Å². The molecule has 1 amide bonds. The predicted octanol–water partition coefficient (Wildman–Crippen LogP) is 5.68. The largest absolute Gasteiger partial charge is 0.493 e. The smallest absolute Gasteiger partial charge is 0.306 e. The van der Waals surface area contributed by atoms with E-state index in [1.54, 1.807) is 20.3 Å². The average Bonchev–Trinajstić information content (AvgIpc) is 3.50. The quantitative estimate of drug-likeness (QED) is 0.113. The summed E-state index contributed by atoms with van der Waals surface area (Å²) in [7, 11) is 3.17. The Hall–Kier alpha value is -4.39. The van der Waals surface area contributed by atoms with Gasteiger partial charge in [0.1, 0.15) is 6.61 Å². The van der Waals surface area contributed by atoms with E-state index in [0.717, 1.165) is 52.9 Å². The molecule has 0 saturated carbocycles. The van der Waals surface area contributed by atoms with Crippen molar-refractivity contribution >= 4 is 35.1 Å². The van der Waals surface area contributed by atoms with Crippen molar-refractivity contribution in [1.29, 1.82) is 0 Å². The molecule has 0 bridgehead atoms. The van der Waals surface area contributed by atoms with Crippen LogP contribution in [-0.2, 0) is 16.1 Å². The fraction of sp³-hybridized carbons (Fsp3) is 0.342. The number of nitrogens with one attached hydrogen (secondary N) is 2. The minimum Gasteiger partial charge on any atom is -0.493 e. The van der Waals surface area contributed by atoms with Crippen molar-refractivity contribution in [3.05, 3.63) is 82.3 Å². The summed E-state index contributed by atoms with van der Waals surface area (Å²) >= 11 is 14.2. The topological polar surface area (TPSA) is 142 Å². The number of hydrogen-bond acceptors (Lipinski definition) is 9. The summed E-state index contributed by atoms with van der Waals surface area (Å²) in [5.74, 6) is 0.646. The van der Waals surface area contributed by atoms with Crippen molar-refractivity contribution in [1.82, 2.24) is 20.5 Å². The molecule has 4 N–H and O–H groups in total. The van der Waals surface area contributed by atoms with E-state index in [1.807, 2.05) is 60.7 Å². The molecule has 51 heavy (non-hydrogen) atoms. The van der Waals surface area contributed by atoms with Gasteiger partial charge in [0.2, 0.25) is 11.8 Å². The molecule has 0 aliphatic carbocycles. The summed E-state index contributed by atoms with van der Waals surface area (Å²) < 4.78 is 17.2. The number of aliphatic hydroxyl groups is 1. The van der Waals surface area contributed by atoms with Gasteiger partial charge in [-0.3, -0.25) is 14.5 Å². The first-order valence-electron chi connectivity index (χ1n) is 16.7. The first-order chi connectivity index (χ1) is 24.6. The van der Waals surface area contributed by atoms with E-state index in [2.05, 4.69) is 15.5 Å². The maximum absolute atomic E-state index is 11.7. The lowest BCUT2D eigenvalue weighted by Crippen LogP contribution is -2.66. The van der Waals surface area contributed by atoms with Gasteiger partial charge in [-0.15, -0.1) is 0 Å². The first-order valence-corrected chi connectivity index (χ1v) is 17.4. The molecule has 1 spiro atoms. The third-order valence-corrected chi connectivity index (χ3v) is 9.99. The number of carboxylic acids is 1. The van der Waals surface area contributed by atoms with E-state index < -0.39 is 12.1 Å². The number of amides is 1. The second-order valence-corrected chi connectivity index (χ2v) is 13.6. The zero-order valence-corrected chi connectivity index (χ0v) is 29.9. The van der Waals surface area contributed by atoms with E-state index in [4.69, 9.17) is 47.5 Å². The van der Waals surface area contributed by atoms with Crippen LogP contribution in [0.2, 0.25) is 10.0 Å². The number of aromatic nitrogens is 1. The number of halogens is 2. The SMILES string of the molecule is COc1cc(-c2cccc(-c3cccc(-c4ccc(CN5CC6(CCC(=O)N6)C5)c(OC)n4)c3Cl)c2Cl)ccc1OCCNC[C@@H](O)CC(=O)O. The number of nitrogens with zero attached hydrogens (tertiary/aromatic N) is 2. The molecular formula is C38H40Cl2N4O7. The normalized spacial score (nSPS) is 15.7. The van der Waals surface area contributed by atoms with Crippen LogP contribution in [0.1, 0.15) is 24.8 Å². The van der Waals surface area contributed by atoms with Crippen LogP contribution in [0.4, 0.5) is 0 Å². The molecule has 3 aromatic carbocycles. The number of aliphatic carboxylic acids is 1. The van der Waals surface area contributed by atoms with Crippen LogP contribution in [-0.4, -0.2) is 90.6 Å². The fourth-order valence-corrected chi connectivity index (χ4v) is 7.38. The molecule has 2 fully saturated rings. The molecule has 2 aliphatic rings. The Morgan fingerprint density at radius 1 is 0.980 bits per heavy atom. The number of likely N-dealkylation sites (tertiary alicyclic amines) is 1. The number of methoxy groups -OCH3 is 2. The number of pyridine rings is 1. The third kappa shape index (κ3) is 8.24. The summed E-state index contributed by atoms with van der Waals surface area (Å²) in [5, 5.41) is 25.6. The van der Waals surface area contributed by atoms with Crippen molar-refractivity contribution in [3.8, 4) is 50.9 Å². The standard InChI is InChI=1S/C38H40Cl2N4O7/c1-49-32-17-23(10-12-31(32)51-16-15-41-19-25(45)18-34(47)48)26-5-3-6-27(35(26)39)28-7-4-8-29(36(28)40)30-11-9-24(37(42-30)50-2)20-44-21-38(22-44)14-13-33(46)43-38/h3-12,17,25,41,45H,13-16,18-22H2,1-2H3,(H,43,46)(H,47,48)/t25-/m0/s1. The molecule has 3 heterocycles. The number of carbonyl (C=O) groups is 2. The predicted molar refractivity (Wildman–Crippen MR) is 196 cm³/mol. The van der Waals surface area contributed by atoms with E-state index in [-0.39, 0.29) is 31.0 Å². The molecule has 1 aromatic heterocycles. The van der Waals surface area contributed by atoms with Crippen LogP contribution in [0, 0.1) is 0 Å². The first kappa shape index (κ1) is 36.4. The Morgan fingerprint density at radius 3 is 2.35 bits per heavy atom. The molecule has 11 nitrogen and oxygen atoms in total.